The third kappa shape index (κ3) is 5.63. The minimum Gasteiger partial charge on any atom is -0.405 e. The van der Waals surface area contributed by atoms with Crippen molar-refractivity contribution in [1.82, 2.24) is 0 Å². The normalized spacial score (nSPS) is 32.2. The van der Waals surface area contributed by atoms with Gasteiger partial charge in [0.15, 0.2) is 11.6 Å². The predicted octanol–water partition coefficient (Wildman–Crippen LogP) is 3.75. The summed E-state index contributed by atoms with van der Waals surface area (Å²) in [6.07, 6.45) is -1.61. The molecular formula is C31H44O7Si. The minimum absolute atomic E-state index is 0.143. The molecule has 0 unspecified atom stereocenters. The van der Waals surface area contributed by atoms with Gasteiger partial charge in [0.25, 0.3) is 8.32 Å². The summed E-state index contributed by atoms with van der Waals surface area (Å²) in [7, 11) is -2.74. The maximum atomic E-state index is 10.1. The van der Waals surface area contributed by atoms with Crippen molar-refractivity contribution in [1.29, 1.82) is 0 Å². The Morgan fingerprint density at radius 3 is 1.87 bits per heavy atom. The van der Waals surface area contributed by atoms with Crippen molar-refractivity contribution in [3.05, 3.63) is 60.7 Å². The number of fused-ring (bicyclic) bond motifs is 1. The van der Waals surface area contributed by atoms with Crippen LogP contribution in [0.3, 0.4) is 0 Å². The molecular weight excluding hydrogens is 512 g/mol. The first-order chi connectivity index (χ1) is 18.4. The number of rotatable bonds is 7. The second-order valence-corrected chi connectivity index (χ2v) is 17.2. The molecule has 0 bridgehead atoms. The highest BCUT2D eigenvalue weighted by Crippen LogP contribution is 2.43. The highest BCUT2D eigenvalue weighted by atomic mass is 28.4. The van der Waals surface area contributed by atoms with E-state index in [2.05, 4.69) is 69.3 Å². The average molecular weight is 557 g/mol. The highest BCUT2D eigenvalue weighted by molar-refractivity contribution is 6.99. The van der Waals surface area contributed by atoms with Crippen LogP contribution in [0.25, 0.3) is 0 Å². The standard InChI is InChI=1S/C31H44O7Si/c1-29(2,3)39(22-14-10-8-11-15-22,23-16-12-9-13-17-23)33-20-21-18-24-26(37-30(4,5)35-24)28(34-21)27-25(19-32)36-31(6,7)38-27/h8-17,21,24-28,32H,18-20H2,1-7H3/t21-,24-,25-,26-,27+,28-/m0/s1. The first-order valence-electron chi connectivity index (χ1n) is 14.1. The van der Waals surface area contributed by atoms with Gasteiger partial charge in [0.2, 0.25) is 0 Å². The number of aliphatic hydroxyl groups is 1. The van der Waals surface area contributed by atoms with Crippen LogP contribution < -0.4 is 10.4 Å². The van der Waals surface area contributed by atoms with E-state index in [0.29, 0.717) is 13.0 Å². The van der Waals surface area contributed by atoms with Gasteiger partial charge in [-0.15, -0.1) is 0 Å². The number of ether oxygens (including phenoxy) is 5. The van der Waals surface area contributed by atoms with Gasteiger partial charge >= 0.3 is 0 Å². The van der Waals surface area contributed by atoms with E-state index in [1.54, 1.807) is 0 Å². The van der Waals surface area contributed by atoms with Crippen LogP contribution in [-0.4, -0.2) is 74.8 Å². The molecule has 214 valence electrons. The molecule has 3 aliphatic rings. The fourth-order valence-corrected chi connectivity index (χ4v) is 11.2. The SMILES string of the molecule is CC1(C)O[C@@H]2[C@@H]([C@@H]3OC(C)(C)O[C@H]3CO)O[C@H](CO[Si](c3ccccc3)(c3ccccc3)C(C)(C)C)C[C@@H]2O1. The molecule has 3 fully saturated rings. The van der Waals surface area contributed by atoms with Crippen molar-refractivity contribution >= 4 is 18.7 Å². The zero-order valence-corrected chi connectivity index (χ0v) is 25.3. The lowest BCUT2D eigenvalue weighted by Gasteiger charge is -2.45. The molecule has 0 aliphatic carbocycles. The van der Waals surface area contributed by atoms with Crippen LogP contribution in [-0.2, 0) is 28.1 Å². The van der Waals surface area contributed by atoms with Crippen molar-refractivity contribution in [2.24, 2.45) is 0 Å². The second kappa shape index (κ2) is 10.7. The molecule has 0 amide bonds. The summed E-state index contributed by atoms with van der Waals surface area (Å²) in [5.74, 6) is -1.57. The second-order valence-electron chi connectivity index (χ2n) is 12.9. The molecule has 3 heterocycles. The topological polar surface area (TPSA) is 75.6 Å². The molecule has 1 N–H and O–H groups in total. The Bertz CT molecular complexity index is 1060. The summed E-state index contributed by atoms with van der Waals surface area (Å²) in [5, 5.41) is 12.4. The lowest BCUT2D eigenvalue weighted by atomic mass is 9.93. The van der Waals surface area contributed by atoms with E-state index in [1.807, 2.05) is 39.8 Å². The van der Waals surface area contributed by atoms with Crippen molar-refractivity contribution in [3.63, 3.8) is 0 Å². The number of aliphatic hydroxyl groups excluding tert-OH is 1. The maximum absolute atomic E-state index is 10.1. The first kappa shape index (κ1) is 28.9. The molecule has 8 heteroatoms. The third-order valence-electron chi connectivity index (χ3n) is 8.02. The Hall–Kier alpha value is -1.62. The monoisotopic (exact) mass is 556 g/mol. The Morgan fingerprint density at radius 1 is 0.795 bits per heavy atom. The summed E-state index contributed by atoms with van der Waals surface area (Å²) < 4.78 is 38.9. The van der Waals surface area contributed by atoms with Crippen molar-refractivity contribution < 1.29 is 33.2 Å². The van der Waals surface area contributed by atoms with Gasteiger partial charge in [0.05, 0.1) is 25.4 Å². The Kier molecular flexibility index (Phi) is 7.89. The van der Waals surface area contributed by atoms with E-state index >= 15 is 0 Å². The van der Waals surface area contributed by atoms with Gasteiger partial charge in [-0.1, -0.05) is 81.4 Å². The summed E-state index contributed by atoms with van der Waals surface area (Å²) in [5.41, 5.74) is 0. The number of hydrogen-bond donors (Lipinski definition) is 1. The van der Waals surface area contributed by atoms with Crippen LogP contribution in [0, 0.1) is 0 Å². The first-order valence-corrected chi connectivity index (χ1v) is 16.0. The summed E-state index contributed by atoms with van der Waals surface area (Å²) in [6, 6.07) is 21.2. The molecule has 0 aromatic heterocycles. The van der Waals surface area contributed by atoms with E-state index in [4.69, 9.17) is 28.1 Å². The molecule has 3 saturated heterocycles. The summed E-state index contributed by atoms with van der Waals surface area (Å²) in [6.45, 7) is 14.6. The molecule has 2 aromatic carbocycles. The molecule has 0 spiro atoms. The zero-order valence-electron chi connectivity index (χ0n) is 24.3. The van der Waals surface area contributed by atoms with E-state index in [1.165, 1.54) is 10.4 Å². The molecule has 2 aromatic rings. The number of benzene rings is 2. The van der Waals surface area contributed by atoms with E-state index in [9.17, 15) is 5.11 Å². The smallest absolute Gasteiger partial charge is 0.261 e. The van der Waals surface area contributed by atoms with Gasteiger partial charge in [-0.05, 0) is 43.1 Å². The average Bonchev–Trinajstić information content (AvgIpc) is 3.37. The quantitative estimate of drug-likeness (QED) is 0.521. The highest BCUT2D eigenvalue weighted by Gasteiger charge is 2.58. The molecule has 3 aliphatic heterocycles. The number of hydrogen-bond acceptors (Lipinski definition) is 7. The molecule has 5 rings (SSSR count). The van der Waals surface area contributed by atoms with Crippen LogP contribution in [0.1, 0.15) is 54.9 Å². The molecule has 39 heavy (non-hydrogen) atoms. The van der Waals surface area contributed by atoms with Crippen LogP contribution >= 0.6 is 0 Å². The largest absolute Gasteiger partial charge is 0.405 e. The summed E-state index contributed by atoms with van der Waals surface area (Å²) in [4.78, 5) is 0. The summed E-state index contributed by atoms with van der Waals surface area (Å²) >= 11 is 0. The minimum atomic E-state index is -2.74. The van der Waals surface area contributed by atoms with Gasteiger partial charge in [-0.3, -0.25) is 0 Å². The Labute approximate surface area is 233 Å². The van der Waals surface area contributed by atoms with Crippen LogP contribution in [0.15, 0.2) is 60.7 Å². The van der Waals surface area contributed by atoms with Crippen LogP contribution in [0.2, 0.25) is 5.04 Å². The zero-order chi connectivity index (χ0) is 28.1. The van der Waals surface area contributed by atoms with Crippen LogP contribution in [0.5, 0.6) is 0 Å². The van der Waals surface area contributed by atoms with Gasteiger partial charge < -0.3 is 33.2 Å². The lowest BCUT2D eigenvalue weighted by molar-refractivity contribution is -0.207. The molecule has 7 nitrogen and oxygen atoms in total. The molecule has 0 saturated carbocycles. The van der Waals surface area contributed by atoms with Gasteiger partial charge in [-0.2, -0.15) is 0 Å². The maximum Gasteiger partial charge on any atom is 0.261 e. The van der Waals surface area contributed by atoms with Crippen molar-refractivity contribution in [2.75, 3.05) is 13.2 Å². The van der Waals surface area contributed by atoms with Crippen LogP contribution in [0.4, 0.5) is 0 Å². The van der Waals surface area contributed by atoms with Gasteiger partial charge in [0.1, 0.15) is 24.4 Å². The Balaban J connectivity index is 1.47. The van der Waals surface area contributed by atoms with Gasteiger partial charge in [-0.25, -0.2) is 0 Å². The fraction of sp³-hybridized carbons (Fsp3) is 0.613. The molecule has 6 atom stereocenters. The third-order valence-corrected chi connectivity index (χ3v) is 13.0. The van der Waals surface area contributed by atoms with E-state index in [-0.39, 0.29) is 30.0 Å². The fourth-order valence-electron chi connectivity index (χ4n) is 6.57. The molecule has 0 radical (unpaired) electrons. The van der Waals surface area contributed by atoms with E-state index < -0.39 is 38.2 Å². The van der Waals surface area contributed by atoms with E-state index in [0.717, 1.165) is 0 Å². The van der Waals surface area contributed by atoms with Crippen molar-refractivity contribution in [3.8, 4) is 0 Å². The predicted molar refractivity (Wildman–Crippen MR) is 152 cm³/mol. The lowest BCUT2D eigenvalue weighted by Crippen LogP contribution is -2.67. The van der Waals surface area contributed by atoms with Gasteiger partial charge in [0, 0.05) is 6.42 Å². The Morgan fingerprint density at radius 2 is 1.33 bits per heavy atom. The van der Waals surface area contributed by atoms with Crippen molar-refractivity contribution in [2.45, 2.75) is 108 Å².